The predicted octanol–water partition coefficient (Wildman–Crippen LogP) is 3.06. The van der Waals surface area contributed by atoms with Crippen LogP contribution in [0.5, 0.6) is 5.75 Å². The van der Waals surface area contributed by atoms with Gasteiger partial charge in [-0.25, -0.2) is 0 Å². The lowest BCUT2D eigenvalue weighted by atomic mass is 9.98. The van der Waals surface area contributed by atoms with Gasteiger partial charge in [0.1, 0.15) is 11.7 Å². The van der Waals surface area contributed by atoms with Gasteiger partial charge in [-0.05, 0) is 43.2 Å². The van der Waals surface area contributed by atoms with Crippen molar-refractivity contribution in [3.63, 3.8) is 0 Å². The lowest BCUT2D eigenvalue weighted by molar-refractivity contribution is -0.150. The monoisotopic (exact) mass is 327 g/mol. The van der Waals surface area contributed by atoms with Crippen molar-refractivity contribution in [2.24, 2.45) is 5.92 Å². The Bertz CT molecular complexity index is 668. The molecule has 0 aliphatic heterocycles. The molecule has 1 atom stereocenters. The van der Waals surface area contributed by atoms with Crippen molar-refractivity contribution >= 4 is 17.6 Å². The molecule has 1 N–H and O–H groups in total. The molecule has 1 amide bonds. The number of hydrogen-bond acceptors (Lipinski definition) is 4. The van der Waals surface area contributed by atoms with E-state index in [0.29, 0.717) is 17.9 Å². The van der Waals surface area contributed by atoms with Gasteiger partial charge >= 0.3 is 5.97 Å². The first-order valence-electron chi connectivity index (χ1n) is 7.79. The van der Waals surface area contributed by atoms with Crippen molar-refractivity contribution in [2.75, 3.05) is 19.0 Å². The number of hydrogen-bond donors (Lipinski definition) is 1. The molecule has 2 aromatic carbocycles. The van der Waals surface area contributed by atoms with Crippen LogP contribution in [-0.2, 0) is 20.7 Å². The molecule has 0 aliphatic carbocycles. The molecule has 2 rings (SSSR count). The molecule has 0 saturated carbocycles. The summed E-state index contributed by atoms with van der Waals surface area (Å²) < 4.78 is 10.1. The summed E-state index contributed by atoms with van der Waals surface area (Å²) in [6.07, 6.45) is 0.293. The summed E-state index contributed by atoms with van der Waals surface area (Å²) in [5.74, 6) is -1.11. The number of methoxy groups -OCH3 is 1. The second-order valence-corrected chi connectivity index (χ2v) is 5.21. The minimum atomic E-state index is -0.894. The average Bonchev–Trinajstić information content (AvgIpc) is 2.61. The molecule has 0 saturated heterocycles. The lowest BCUT2D eigenvalue weighted by Crippen LogP contribution is -2.33. The van der Waals surface area contributed by atoms with E-state index in [9.17, 15) is 9.59 Å². The Morgan fingerprint density at radius 3 is 2.29 bits per heavy atom. The highest BCUT2D eigenvalue weighted by Crippen LogP contribution is 2.18. The highest BCUT2D eigenvalue weighted by Gasteiger charge is 2.28. The third-order valence-corrected chi connectivity index (χ3v) is 3.53. The summed E-state index contributed by atoms with van der Waals surface area (Å²) in [7, 11) is 1.57. The van der Waals surface area contributed by atoms with Gasteiger partial charge in [0.25, 0.3) is 0 Å². The maximum atomic E-state index is 12.5. The first kappa shape index (κ1) is 17.5. The number of amides is 1. The highest BCUT2D eigenvalue weighted by molar-refractivity contribution is 6.05. The Balaban J connectivity index is 2.12. The first-order valence-corrected chi connectivity index (χ1v) is 7.79. The standard InChI is InChI=1S/C19H21NO4/c1-3-24-19(22)17(13-14-7-5-4-6-8-14)18(21)20-15-9-11-16(23-2)12-10-15/h4-12,17H,3,13H2,1-2H3,(H,20,21). The fourth-order valence-corrected chi connectivity index (χ4v) is 2.28. The van der Waals surface area contributed by atoms with Crippen LogP contribution >= 0.6 is 0 Å². The van der Waals surface area contributed by atoms with Crippen LogP contribution in [-0.4, -0.2) is 25.6 Å². The fourth-order valence-electron chi connectivity index (χ4n) is 2.28. The van der Waals surface area contributed by atoms with Crippen LogP contribution in [0.2, 0.25) is 0 Å². The van der Waals surface area contributed by atoms with Gasteiger partial charge in [-0.1, -0.05) is 30.3 Å². The van der Waals surface area contributed by atoms with Crippen molar-refractivity contribution < 1.29 is 19.1 Å². The molecule has 0 radical (unpaired) electrons. The largest absolute Gasteiger partial charge is 0.497 e. The zero-order valence-electron chi connectivity index (χ0n) is 13.8. The maximum absolute atomic E-state index is 12.5. The number of rotatable bonds is 7. The molecule has 1 unspecified atom stereocenters. The van der Waals surface area contributed by atoms with Gasteiger partial charge in [-0.15, -0.1) is 0 Å². The van der Waals surface area contributed by atoms with Crippen LogP contribution in [0.15, 0.2) is 54.6 Å². The van der Waals surface area contributed by atoms with Crippen LogP contribution < -0.4 is 10.1 Å². The van der Waals surface area contributed by atoms with E-state index in [1.807, 2.05) is 30.3 Å². The number of ether oxygens (including phenoxy) is 2. The van der Waals surface area contributed by atoms with Gasteiger partial charge in [0.2, 0.25) is 5.91 Å². The molecule has 2 aromatic rings. The smallest absolute Gasteiger partial charge is 0.318 e. The Hall–Kier alpha value is -2.82. The third-order valence-electron chi connectivity index (χ3n) is 3.53. The minimum absolute atomic E-state index is 0.236. The number of anilines is 1. The number of benzene rings is 2. The van der Waals surface area contributed by atoms with E-state index < -0.39 is 11.9 Å². The summed E-state index contributed by atoms with van der Waals surface area (Å²) in [5, 5.41) is 2.76. The van der Waals surface area contributed by atoms with Crippen LogP contribution in [0.3, 0.4) is 0 Å². The second kappa shape index (κ2) is 8.72. The quantitative estimate of drug-likeness (QED) is 0.627. The predicted molar refractivity (Wildman–Crippen MR) is 91.9 cm³/mol. The average molecular weight is 327 g/mol. The first-order chi connectivity index (χ1) is 11.6. The molecule has 5 heteroatoms. The van der Waals surface area contributed by atoms with E-state index in [4.69, 9.17) is 9.47 Å². The van der Waals surface area contributed by atoms with Crippen molar-refractivity contribution in [1.82, 2.24) is 0 Å². The van der Waals surface area contributed by atoms with Crippen LogP contribution in [0.4, 0.5) is 5.69 Å². The minimum Gasteiger partial charge on any atom is -0.497 e. The molecular formula is C19H21NO4. The zero-order valence-corrected chi connectivity index (χ0v) is 13.8. The van der Waals surface area contributed by atoms with E-state index in [0.717, 1.165) is 5.56 Å². The summed E-state index contributed by atoms with van der Waals surface area (Å²) >= 11 is 0. The maximum Gasteiger partial charge on any atom is 0.318 e. The molecule has 0 bridgehead atoms. The number of carbonyl (C=O) groups excluding carboxylic acids is 2. The lowest BCUT2D eigenvalue weighted by Gasteiger charge is -2.16. The molecule has 126 valence electrons. The van der Waals surface area contributed by atoms with Crippen molar-refractivity contribution in [1.29, 1.82) is 0 Å². The summed E-state index contributed by atoms with van der Waals surface area (Å²) in [6.45, 7) is 1.96. The molecule has 0 heterocycles. The van der Waals surface area contributed by atoms with Crippen LogP contribution in [0, 0.1) is 5.92 Å². The zero-order chi connectivity index (χ0) is 17.4. The number of carbonyl (C=O) groups is 2. The normalized spacial score (nSPS) is 11.4. The van der Waals surface area contributed by atoms with E-state index in [2.05, 4.69) is 5.32 Å². The third kappa shape index (κ3) is 4.84. The highest BCUT2D eigenvalue weighted by atomic mass is 16.5. The Kier molecular flexibility index (Phi) is 6.37. The molecule has 0 spiro atoms. The van der Waals surface area contributed by atoms with Gasteiger partial charge in [0, 0.05) is 5.69 Å². The van der Waals surface area contributed by atoms with Gasteiger partial charge in [0.05, 0.1) is 13.7 Å². The molecular weight excluding hydrogens is 306 g/mol. The van der Waals surface area contributed by atoms with Gasteiger partial charge in [-0.3, -0.25) is 9.59 Å². The molecule has 24 heavy (non-hydrogen) atoms. The van der Waals surface area contributed by atoms with Crippen molar-refractivity contribution in [3.8, 4) is 5.75 Å². The van der Waals surface area contributed by atoms with Crippen LogP contribution in [0.1, 0.15) is 12.5 Å². The summed E-state index contributed by atoms with van der Waals surface area (Å²) in [4.78, 5) is 24.7. The van der Waals surface area contributed by atoms with Gasteiger partial charge in [-0.2, -0.15) is 0 Å². The van der Waals surface area contributed by atoms with E-state index >= 15 is 0 Å². The summed E-state index contributed by atoms with van der Waals surface area (Å²) in [6, 6.07) is 16.3. The Labute approximate surface area is 141 Å². The van der Waals surface area contributed by atoms with E-state index in [-0.39, 0.29) is 12.5 Å². The van der Waals surface area contributed by atoms with Crippen molar-refractivity contribution in [2.45, 2.75) is 13.3 Å². The summed E-state index contributed by atoms with van der Waals surface area (Å²) in [5.41, 5.74) is 1.50. The van der Waals surface area contributed by atoms with Gasteiger partial charge < -0.3 is 14.8 Å². The topological polar surface area (TPSA) is 64.6 Å². The second-order valence-electron chi connectivity index (χ2n) is 5.21. The molecule has 0 fully saturated rings. The molecule has 0 aliphatic rings. The fraction of sp³-hybridized carbons (Fsp3) is 0.263. The molecule has 5 nitrogen and oxygen atoms in total. The van der Waals surface area contributed by atoms with Gasteiger partial charge in [0.15, 0.2) is 0 Å². The van der Waals surface area contributed by atoms with E-state index in [1.165, 1.54) is 0 Å². The molecule has 0 aromatic heterocycles. The number of nitrogens with one attached hydrogen (secondary N) is 1. The van der Waals surface area contributed by atoms with Crippen molar-refractivity contribution in [3.05, 3.63) is 60.2 Å². The SMILES string of the molecule is CCOC(=O)C(Cc1ccccc1)C(=O)Nc1ccc(OC)cc1. The Morgan fingerprint density at radius 1 is 1.04 bits per heavy atom. The Morgan fingerprint density at radius 2 is 1.71 bits per heavy atom. The van der Waals surface area contributed by atoms with Crippen LogP contribution in [0.25, 0.3) is 0 Å². The van der Waals surface area contributed by atoms with E-state index in [1.54, 1.807) is 38.3 Å². The number of esters is 1.